The molecule has 0 aliphatic carbocycles. The Labute approximate surface area is 288 Å². The summed E-state index contributed by atoms with van der Waals surface area (Å²) >= 11 is 0. The molecule has 3 aromatic rings. The molecule has 0 saturated carbocycles. The summed E-state index contributed by atoms with van der Waals surface area (Å²) in [7, 11) is 2.74. The number of carbonyl (C=O) groups is 1. The van der Waals surface area contributed by atoms with Gasteiger partial charge >= 0.3 is 18.3 Å². The highest BCUT2D eigenvalue weighted by Gasteiger charge is 2.41. The van der Waals surface area contributed by atoms with Crippen LogP contribution in [-0.2, 0) is 37.8 Å². The van der Waals surface area contributed by atoms with Gasteiger partial charge < -0.3 is 29.2 Å². The second kappa shape index (κ2) is 14.4. The molecule has 1 aromatic carbocycles. The smallest absolute Gasteiger partial charge is 0.416 e. The van der Waals surface area contributed by atoms with Crippen LogP contribution in [0.15, 0.2) is 41.5 Å². The second-order valence-corrected chi connectivity index (χ2v) is 12.1. The Balaban J connectivity index is 1.38. The summed E-state index contributed by atoms with van der Waals surface area (Å²) in [5.74, 6) is -0.128. The average molecular weight is 724 g/mol. The fraction of sp³-hybridized carbons (Fsp3) is 0.485. The van der Waals surface area contributed by atoms with E-state index in [1.54, 1.807) is 12.1 Å². The van der Waals surface area contributed by atoms with E-state index in [1.807, 2.05) is 16.7 Å². The Bertz CT molecular complexity index is 1750. The van der Waals surface area contributed by atoms with Crippen LogP contribution in [0.4, 0.5) is 43.7 Å². The Morgan fingerprint density at radius 3 is 2.33 bits per heavy atom. The van der Waals surface area contributed by atoms with Crippen molar-refractivity contribution >= 4 is 29.3 Å². The summed E-state index contributed by atoms with van der Waals surface area (Å²) in [6, 6.07) is 3.65. The molecular weight excluding hydrogens is 688 g/mol. The number of esters is 1. The van der Waals surface area contributed by atoms with Gasteiger partial charge in [-0.05, 0) is 42.7 Å². The monoisotopic (exact) mass is 723 g/mol. The van der Waals surface area contributed by atoms with Gasteiger partial charge in [-0.1, -0.05) is 6.92 Å². The van der Waals surface area contributed by atoms with E-state index in [9.17, 15) is 31.1 Å². The number of ether oxygens (including phenoxy) is 4. The molecule has 51 heavy (non-hydrogen) atoms. The third kappa shape index (κ3) is 7.74. The number of hydrogen-bond acceptors (Lipinski definition) is 12. The number of pyridine rings is 1. The van der Waals surface area contributed by atoms with Gasteiger partial charge in [-0.2, -0.15) is 26.3 Å². The third-order valence-corrected chi connectivity index (χ3v) is 8.86. The number of nitrogens with one attached hydrogen (secondary N) is 1. The topological polar surface area (TPSA) is 124 Å². The van der Waals surface area contributed by atoms with E-state index >= 15 is 0 Å². The zero-order chi connectivity index (χ0) is 36.5. The van der Waals surface area contributed by atoms with E-state index in [0.29, 0.717) is 74.2 Å². The normalized spacial score (nSPS) is 20.7. The lowest BCUT2D eigenvalue weighted by Gasteiger charge is -2.40. The minimum Gasteiger partial charge on any atom is -0.481 e. The number of nitrogens with zero attached hydrogens (tertiary/aromatic N) is 6. The van der Waals surface area contributed by atoms with Crippen molar-refractivity contribution in [1.82, 2.24) is 15.0 Å². The standard InChI is InChI=1S/C33H35F6N7O5/c1-4-21-15-23(28-25(5-6-27(44-28)48-2)46(21)31-43-24(17-51-31)29(47)49-3)42-30-40-16-26(45-7-9-50-10-8-45)22(41-30)13-18-11-19(32(34,35)36)14-20(12-18)33(37,38)39/h5-6,11-12,14,16,21,23-24H,4,7-10,13,15,17H2,1-3H3,(H,40,41,42)/t21-,23+,24+/m1/s1. The number of benzene rings is 1. The van der Waals surface area contributed by atoms with Crippen molar-refractivity contribution in [2.24, 2.45) is 4.99 Å². The number of hydrogen-bond donors (Lipinski definition) is 1. The molecule has 274 valence electrons. The molecule has 6 rings (SSSR count). The van der Waals surface area contributed by atoms with Crippen molar-refractivity contribution < 1.29 is 50.1 Å². The number of fused-ring (bicyclic) bond motifs is 1. The number of carbonyl (C=O) groups excluding carboxylic acids is 1. The number of amidine groups is 1. The summed E-state index contributed by atoms with van der Waals surface area (Å²) in [5, 5.41) is 3.30. The maximum Gasteiger partial charge on any atom is 0.416 e. The Hall–Kier alpha value is -4.87. The predicted octanol–water partition coefficient (Wildman–Crippen LogP) is 5.41. The number of aliphatic imine (C=N–C) groups is 1. The van der Waals surface area contributed by atoms with Gasteiger partial charge in [0.15, 0.2) is 6.04 Å². The highest BCUT2D eigenvalue weighted by Crippen LogP contribution is 2.41. The molecular formula is C33H35F6N7O5. The minimum atomic E-state index is -5.00. The molecule has 1 saturated heterocycles. The second-order valence-electron chi connectivity index (χ2n) is 12.1. The van der Waals surface area contributed by atoms with Crippen LogP contribution in [0.5, 0.6) is 5.88 Å². The Morgan fingerprint density at radius 2 is 1.71 bits per heavy atom. The van der Waals surface area contributed by atoms with Crippen LogP contribution in [0.2, 0.25) is 0 Å². The van der Waals surface area contributed by atoms with Crippen LogP contribution in [0.25, 0.3) is 0 Å². The first kappa shape index (κ1) is 35.9. The number of methoxy groups -OCH3 is 2. The number of alkyl halides is 6. The molecule has 3 aliphatic rings. The van der Waals surface area contributed by atoms with Gasteiger partial charge in [0.05, 0.1) is 73.6 Å². The summed E-state index contributed by atoms with van der Waals surface area (Å²) in [5.41, 5.74) is -1.20. The van der Waals surface area contributed by atoms with Crippen molar-refractivity contribution in [3.63, 3.8) is 0 Å². The van der Waals surface area contributed by atoms with E-state index in [1.165, 1.54) is 20.4 Å². The lowest BCUT2D eigenvalue weighted by atomic mass is 9.93. The van der Waals surface area contributed by atoms with Crippen LogP contribution >= 0.6 is 0 Å². The molecule has 18 heteroatoms. The summed E-state index contributed by atoms with van der Waals surface area (Å²) in [6.45, 7) is 3.58. The van der Waals surface area contributed by atoms with E-state index in [0.717, 1.165) is 0 Å². The van der Waals surface area contributed by atoms with Crippen molar-refractivity contribution in [2.75, 3.05) is 62.2 Å². The third-order valence-electron chi connectivity index (χ3n) is 8.86. The first-order chi connectivity index (χ1) is 24.3. The van der Waals surface area contributed by atoms with E-state index < -0.39 is 41.5 Å². The number of morpholine rings is 1. The highest BCUT2D eigenvalue weighted by molar-refractivity contribution is 5.97. The van der Waals surface area contributed by atoms with E-state index in [-0.39, 0.29) is 48.4 Å². The molecule has 2 aromatic heterocycles. The highest BCUT2D eigenvalue weighted by atomic mass is 19.4. The molecule has 0 bridgehead atoms. The molecule has 1 fully saturated rings. The maximum absolute atomic E-state index is 13.7. The number of halogens is 6. The fourth-order valence-corrected chi connectivity index (χ4v) is 6.34. The zero-order valence-corrected chi connectivity index (χ0v) is 27.8. The van der Waals surface area contributed by atoms with E-state index in [4.69, 9.17) is 23.9 Å². The van der Waals surface area contributed by atoms with Gasteiger partial charge in [-0.25, -0.2) is 24.7 Å². The van der Waals surface area contributed by atoms with Crippen LogP contribution in [0, 0.1) is 0 Å². The van der Waals surface area contributed by atoms with Crippen LogP contribution in [-0.4, -0.2) is 86.2 Å². The van der Waals surface area contributed by atoms with Gasteiger partial charge in [-0.3, -0.25) is 4.90 Å². The Kier molecular flexibility index (Phi) is 10.1. The number of anilines is 3. The molecule has 0 unspecified atom stereocenters. The van der Waals surface area contributed by atoms with Crippen molar-refractivity contribution in [1.29, 1.82) is 0 Å². The van der Waals surface area contributed by atoms with Crippen LogP contribution in [0.3, 0.4) is 0 Å². The quantitative estimate of drug-likeness (QED) is 0.237. The molecule has 0 radical (unpaired) electrons. The summed E-state index contributed by atoms with van der Waals surface area (Å²) < 4.78 is 104. The largest absolute Gasteiger partial charge is 0.481 e. The van der Waals surface area contributed by atoms with Crippen LogP contribution in [0.1, 0.15) is 53.9 Å². The van der Waals surface area contributed by atoms with Gasteiger partial charge in [0, 0.05) is 31.6 Å². The molecule has 3 atom stereocenters. The molecule has 1 N–H and O–H groups in total. The molecule has 0 amide bonds. The first-order valence-corrected chi connectivity index (χ1v) is 16.1. The van der Waals surface area contributed by atoms with Gasteiger partial charge in [0.2, 0.25) is 11.8 Å². The predicted molar refractivity (Wildman–Crippen MR) is 172 cm³/mol. The fourth-order valence-electron chi connectivity index (χ4n) is 6.34. The zero-order valence-electron chi connectivity index (χ0n) is 27.8. The van der Waals surface area contributed by atoms with Crippen molar-refractivity contribution in [2.45, 2.75) is 56.7 Å². The van der Waals surface area contributed by atoms with E-state index in [2.05, 4.69) is 20.3 Å². The van der Waals surface area contributed by atoms with Crippen molar-refractivity contribution in [3.8, 4) is 5.88 Å². The molecule has 3 aliphatic heterocycles. The number of aromatic nitrogens is 3. The molecule has 12 nitrogen and oxygen atoms in total. The Morgan fingerprint density at radius 1 is 1.00 bits per heavy atom. The van der Waals surface area contributed by atoms with Crippen LogP contribution < -0.4 is 19.9 Å². The lowest BCUT2D eigenvalue weighted by Crippen LogP contribution is -2.46. The average Bonchev–Trinajstić information content (AvgIpc) is 3.60. The maximum atomic E-state index is 13.7. The van der Waals surface area contributed by atoms with Gasteiger partial charge in [0.25, 0.3) is 6.02 Å². The molecule has 5 heterocycles. The summed E-state index contributed by atoms with van der Waals surface area (Å²) in [4.78, 5) is 34.3. The van der Waals surface area contributed by atoms with Gasteiger partial charge in [-0.15, -0.1) is 0 Å². The number of rotatable bonds is 8. The molecule has 0 spiro atoms. The minimum absolute atomic E-state index is 0.0119. The van der Waals surface area contributed by atoms with Crippen molar-refractivity contribution in [3.05, 3.63) is 64.6 Å². The SMILES string of the molecule is CC[C@@H]1C[C@H](Nc2ncc(N3CCOCC3)c(Cc3cc(C(F)(F)F)cc(C(F)(F)F)c3)n2)c2nc(OC)ccc2N1C1=N[C@H](C(=O)OC)CO1. The van der Waals surface area contributed by atoms with Gasteiger partial charge in [0.1, 0.15) is 6.61 Å². The lowest BCUT2D eigenvalue weighted by molar-refractivity contribution is -0.144. The first-order valence-electron chi connectivity index (χ1n) is 16.1. The summed E-state index contributed by atoms with van der Waals surface area (Å²) in [6.07, 6.45) is -7.79.